The molecule has 4 heterocycles. The van der Waals surface area contributed by atoms with Crippen LogP contribution in [0.15, 0.2) is 29.3 Å². The first-order chi connectivity index (χ1) is 13.6. The second-order valence-corrected chi connectivity index (χ2v) is 7.77. The summed E-state index contributed by atoms with van der Waals surface area (Å²) in [7, 11) is 0. The van der Waals surface area contributed by atoms with Gasteiger partial charge in [-0.25, -0.2) is 4.98 Å². The van der Waals surface area contributed by atoms with Crippen LogP contribution in [-0.2, 0) is 24.3 Å². The highest BCUT2D eigenvalue weighted by Gasteiger charge is 2.30. The number of carbonyl (C=O) groups is 1. The summed E-state index contributed by atoms with van der Waals surface area (Å²) in [5.74, 6) is 1.05. The second kappa shape index (κ2) is 8.22. The SMILES string of the molecule is CCCC(=O)N1CCC(c2nc3c(c(=O)[nH]2)CCN(Cc2cccnc2)C3)C1. The fraction of sp³-hybridized carbons (Fsp3) is 0.524. The van der Waals surface area contributed by atoms with E-state index >= 15 is 0 Å². The van der Waals surface area contributed by atoms with Crippen molar-refractivity contribution in [3.63, 3.8) is 0 Å². The maximum absolute atomic E-state index is 12.6. The van der Waals surface area contributed by atoms with Gasteiger partial charge in [-0.15, -0.1) is 0 Å². The molecule has 0 bridgehead atoms. The molecule has 1 fully saturated rings. The molecule has 2 aromatic rings. The quantitative estimate of drug-likeness (QED) is 0.855. The normalized spacial score (nSPS) is 19.6. The van der Waals surface area contributed by atoms with Crippen molar-refractivity contribution in [2.45, 2.75) is 51.6 Å². The number of hydrogen-bond donors (Lipinski definition) is 1. The van der Waals surface area contributed by atoms with E-state index < -0.39 is 0 Å². The van der Waals surface area contributed by atoms with Gasteiger partial charge < -0.3 is 9.88 Å². The number of carbonyl (C=O) groups excluding carboxylic acids is 1. The molecule has 1 atom stereocenters. The molecule has 1 N–H and O–H groups in total. The van der Waals surface area contributed by atoms with Gasteiger partial charge >= 0.3 is 0 Å². The highest BCUT2D eigenvalue weighted by Crippen LogP contribution is 2.26. The first-order valence-corrected chi connectivity index (χ1v) is 10.1. The number of nitrogens with zero attached hydrogens (tertiary/aromatic N) is 4. The molecule has 0 aliphatic carbocycles. The fourth-order valence-electron chi connectivity index (χ4n) is 4.17. The average Bonchev–Trinajstić information content (AvgIpc) is 3.19. The van der Waals surface area contributed by atoms with E-state index in [4.69, 9.17) is 4.98 Å². The molecule has 7 nitrogen and oxygen atoms in total. The maximum Gasteiger partial charge on any atom is 0.254 e. The third kappa shape index (κ3) is 3.99. The van der Waals surface area contributed by atoms with Crippen LogP contribution >= 0.6 is 0 Å². The lowest BCUT2D eigenvalue weighted by Crippen LogP contribution is -2.36. The van der Waals surface area contributed by atoms with E-state index in [0.29, 0.717) is 25.9 Å². The van der Waals surface area contributed by atoms with Crippen molar-refractivity contribution < 1.29 is 4.79 Å². The number of pyridine rings is 1. The summed E-state index contributed by atoms with van der Waals surface area (Å²) < 4.78 is 0. The zero-order chi connectivity index (χ0) is 19.5. The third-order valence-electron chi connectivity index (χ3n) is 5.69. The molecule has 0 spiro atoms. The Balaban J connectivity index is 1.49. The first-order valence-electron chi connectivity index (χ1n) is 10.1. The van der Waals surface area contributed by atoms with E-state index in [-0.39, 0.29) is 17.4 Å². The predicted molar refractivity (Wildman–Crippen MR) is 106 cm³/mol. The van der Waals surface area contributed by atoms with Crippen molar-refractivity contribution in [3.05, 3.63) is 57.5 Å². The van der Waals surface area contributed by atoms with Gasteiger partial charge in [-0.3, -0.25) is 19.5 Å². The van der Waals surface area contributed by atoms with Gasteiger partial charge in [0.1, 0.15) is 5.82 Å². The minimum Gasteiger partial charge on any atom is -0.342 e. The lowest BCUT2D eigenvalue weighted by molar-refractivity contribution is -0.130. The topological polar surface area (TPSA) is 82.2 Å². The Labute approximate surface area is 164 Å². The molecule has 28 heavy (non-hydrogen) atoms. The first kappa shape index (κ1) is 18.8. The Kier molecular flexibility index (Phi) is 5.52. The standard InChI is InChI=1S/C21H27N5O2/c1-2-4-19(27)26-10-6-16(13-26)20-23-18-14-25(9-7-17(18)21(28)24-20)12-15-5-3-8-22-11-15/h3,5,8,11,16H,2,4,6-7,9-10,12-14H2,1H3,(H,23,24,28). The summed E-state index contributed by atoms with van der Waals surface area (Å²) in [4.78, 5) is 41.0. The summed E-state index contributed by atoms with van der Waals surface area (Å²) in [6.07, 6.45) is 6.68. The largest absolute Gasteiger partial charge is 0.342 e. The van der Waals surface area contributed by atoms with Crippen LogP contribution < -0.4 is 5.56 Å². The third-order valence-corrected chi connectivity index (χ3v) is 5.69. The monoisotopic (exact) mass is 381 g/mol. The van der Waals surface area contributed by atoms with Crippen molar-refractivity contribution in [3.8, 4) is 0 Å². The number of aromatic amines is 1. The van der Waals surface area contributed by atoms with Gasteiger partial charge in [-0.2, -0.15) is 0 Å². The minimum absolute atomic E-state index is 0.0145. The maximum atomic E-state index is 12.6. The van der Waals surface area contributed by atoms with Gasteiger partial charge in [0.05, 0.1) is 5.69 Å². The number of hydrogen-bond acceptors (Lipinski definition) is 5. The summed E-state index contributed by atoms with van der Waals surface area (Å²) in [5.41, 5.74) is 2.84. The average molecular weight is 381 g/mol. The smallest absolute Gasteiger partial charge is 0.254 e. The molecule has 1 unspecified atom stereocenters. The van der Waals surface area contributed by atoms with Crippen molar-refractivity contribution in [2.75, 3.05) is 19.6 Å². The minimum atomic E-state index is -0.0145. The highest BCUT2D eigenvalue weighted by atomic mass is 16.2. The van der Waals surface area contributed by atoms with Crippen molar-refractivity contribution in [1.29, 1.82) is 0 Å². The molecule has 148 valence electrons. The lowest BCUT2D eigenvalue weighted by Gasteiger charge is -2.28. The van der Waals surface area contributed by atoms with Crippen LogP contribution in [0, 0.1) is 0 Å². The van der Waals surface area contributed by atoms with Gasteiger partial charge in [0.15, 0.2) is 0 Å². The molecule has 0 saturated carbocycles. The second-order valence-electron chi connectivity index (χ2n) is 7.77. The molecule has 2 aliphatic rings. The number of aromatic nitrogens is 3. The van der Waals surface area contributed by atoms with Crippen LogP contribution in [0.5, 0.6) is 0 Å². The summed E-state index contributed by atoms with van der Waals surface area (Å²) in [6, 6.07) is 4.01. The highest BCUT2D eigenvalue weighted by molar-refractivity contribution is 5.76. The Hall–Kier alpha value is -2.54. The van der Waals surface area contributed by atoms with E-state index in [2.05, 4.69) is 20.9 Å². The zero-order valence-corrected chi connectivity index (χ0v) is 16.4. The molecule has 1 saturated heterocycles. The van der Waals surface area contributed by atoms with Gasteiger partial charge in [0.25, 0.3) is 5.56 Å². The molecule has 4 rings (SSSR count). The van der Waals surface area contributed by atoms with Crippen LogP contribution in [0.4, 0.5) is 0 Å². The number of likely N-dealkylation sites (tertiary alicyclic amines) is 1. The van der Waals surface area contributed by atoms with Gasteiger partial charge in [-0.05, 0) is 30.9 Å². The molecular formula is C21H27N5O2. The number of nitrogens with one attached hydrogen (secondary N) is 1. The van der Waals surface area contributed by atoms with Crippen LogP contribution in [0.2, 0.25) is 0 Å². The molecular weight excluding hydrogens is 354 g/mol. The van der Waals surface area contributed by atoms with Crippen LogP contribution in [-0.4, -0.2) is 50.3 Å². The van der Waals surface area contributed by atoms with Crippen LogP contribution in [0.25, 0.3) is 0 Å². The Morgan fingerprint density at radius 1 is 1.36 bits per heavy atom. The van der Waals surface area contributed by atoms with Crippen LogP contribution in [0.1, 0.15) is 54.7 Å². The van der Waals surface area contributed by atoms with E-state index in [9.17, 15) is 9.59 Å². The number of rotatable bonds is 5. The summed E-state index contributed by atoms with van der Waals surface area (Å²) >= 11 is 0. The molecule has 0 radical (unpaired) electrons. The fourth-order valence-corrected chi connectivity index (χ4v) is 4.17. The Morgan fingerprint density at radius 3 is 3.04 bits per heavy atom. The molecule has 0 aromatic carbocycles. The molecule has 2 aliphatic heterocycles. The number of fused-ring (bicyclic) bond motifs is 1. The van der Waals surface area contributed by atoms with E-state index in [1.54, 1.807) is 6.20 Å². The predicted octanol–water partition coefficient (Wildman–Crippen LogP) is 1.84. The van der Waals surface area contributed by atoms with Crippen molar-refractivity contribution in [1.82, 2.24) is 24.8 Å². The Bertz CT molecular complexity index is 895. The van der Waals surface area contributed by atoms with Crippen molar-refractivity contribution in [2.24, 2.45) is 0 Å². The van der Waals surface area contributed by atoms with Gasteiger partial charge in [0, 0.05) is 63.0 Å². The van der Waals surface area contributed by atoms with Crippen molar-refractivity contribution >= 4 is 5.91 Å². The van der Waals surface area contributed by atoms with E-state index in [1.165, 1.54) is 0 Å². The molecule has 1 amide bonds. The van der Waals surface area contributed by atoms with Gasteiger partial charge in [-0.1, -0.05) is 13.0 Å². The lowest BCUT2D eigenvalue weighted by atomic mass is 10.0. The summed E-state index contributed by atoms with van der Waals surface area (Å²) in [5, 5.41) is 0. The number of amides is 1. The number of H-pyrrole nitrogens is 1. The molecule has 2 aromatic heterocycles. The van der Waals surface area contributed by atoms with E-state index in [0.717, 1.165) is 55.1 Å². The van der Waals surface area contributed by atoms with E-state index in [1.807, 2.05) is 24.1 Å². The summed E-state index contributed by atoms with van der Waals surface area (Å²) in [6.45, 7) is 5.74. The zero-order valence-electron chi connectivity index (χ0n) is 16.4. The molecule has 7 heteroatoms. The van der Waals surface area contributed by atoms with Gasteiger partial charge in [0.2, 0.25) is 5.91 Å². The van der Waals surface area contributed by atoms with Crippen LogP contribution in [0.3, 0.4) is 0 Å². The Morgan fingerprint density at radius 2 is 2.25 bits per heavy atom.